The largest absolute Gasteiger partial charge is 0.306 e. The summed E-state index contributed by atoms with van der Waals surface area (Å²) in [6.45, 7) is 0. The van der Waals surface area contributed by atoms with Gasteiger partial charge in [-0.15, -0.1) is 0 Å². The number of carbonyl (C=O) groups is 1. The Morgan fingerprint density at radius 3 is 2.86 bits per heavy atom. The van der Waals surface area contributed by atoms with Crippen LogP contribution in [0.15, 0.2) is 47.5 Å². The van der Waals surface area contributed by atoms with Crippen molar-refractivity contribution in [3.05, 3.63) is 58.6 Å². The minimum Gasteiger partial charge on any atom is -0.306 e. The smallest absolute Gasteiger partial charge is 0.274 e. The van der Waals surface area contributed by atoms with E-state index in [-0.39, 0.29) is 11.1 Å². The zero-order valence-corrected chi connectivity index (χ0v) is 10.7. The Bertz CT molecular complexity index is 874. The summed E-state index contributed by atoms with van der Waals surface area (Å²) in [4.78, 5) is 34.4. The minimum atomic E-state index is -0.665. The van der Waals surface area contributed by atoms with Crippen LogP contribution in [0.5, 0.6) is 0 Å². The highest BCUT2D eigenvalue weighted by Gasteiger charge is 2.10. The van der Waals surface area contributed by atoms with Gasteiger partial charge in [0.05, 0.1) is 10.9 Å². The summed E-state index contributed by atoms with van der Waals surface area (Å²) in [5.41, 5.74) is 2.46. The first kappa shape index (κ1) is 12.9. The summed E-state index contributed by atoms with van der Waals surface area (Å²) in [5.74, 6) is -0.302. The molecule has 0 aliphatic heterocycles. The number of hydrogen-bond donors (Lipinski definition) is 3. The first-order valence-electron chi connectivity index (χ1n) is 6.08. The quantitative estimate of drug-likeness (QED) is 0.482. The van der Waals surface area contributed by atoms with Crippen LogP contribution in [0, 0.1) is 0 Å². The Balaban J connectivity index is 2.22. The van der Waals surface area contributed by atoms with Crippen molar-refractivity contribution in [3.63, 3.8) is 0 Å². The normalized spacial score (nSPS) is 10.5. The van der Waals surface area contributed by atoms with E-state index in [1.807, 2.05) is 0 Å². The summed E-state index contributed by atoms with van der Waals surface area (Å²) < 4.78 is 0. The molecule has 3 aromatic rings. The molecule has 2 aromatic heterocycles. The number of pyridine rings is 1. The molecule has 1 aromatic carbocycles. The molecule has 2 heterocycles. The highest BCUT2D eigenvalue weighted by atomic mass is 16.5. The number of aromatic nitrogens is 3. The fraction of sp³-hybridized carbons (Fsp3) is 0. The van der Waals surface area contributed by atoms with Crippen LogP contribution in [-0.4, -0.2) is 26.1 Å². The SMILES string of the molecule is O=C(NO)c1ccc2c(=O)[nH]c(-c3cccnc3)nc2c1. The average molecular weight is 282 g/mol. The van der Waals surface area contributed by atoms with Crippen LogP contribution >= 0.6 is 0 Å². The predicted octanol–water partition coefficient (Wildman–Crippen LogP) is 1.10. The lowest BCUT2D eigenvalue weighted by Gasteiger charge is -2.04. The zero-order chi connectivity index (χ0) is 14.8. The third-order valence-electron chi connectivity index (χ3n) is 3.01. The van der Waals surface area contributed by atoms with Gasteiger partial charge in [0.1, 0.15) is 5.82 Å². The fourth-order valence-electron chi connectivity index (χ4n) is 1.98. The molecular weight excluding hydrogens is 272 g/mol. The molecule has 0 unspecified atom stereocenters. The van der Waals surface area contributed by atoms with Crippen molar-refractivity contribution in [1.29, 1.82) is 0 Å². The number of hydrogen-bond acceptors (Lipinski definition) is 5. The molecule has 0 aliphatic carbocycles. The van der Waals surface area contributed by atoms with Gasteiger partial charge in [-0.2, -0.15) is 0 Å². The van der Waals surface area contributed by atoms with Crippen molar-refractivity contribution in [2.45, 2.75) is 0 Å². The minimum absolute atomic E-state index is 0.209. The van der Waals surface area contributed by atoms with Crippen LogP contribution in [0.2, 0.25) is 0 Å². The van der Waals surface area contributed by atoms with Gasteiger partial charge in [-0.25, -0.2) is 10.5 Å². The van der Waals surface area contributed by atoms with E-state index in [1.165, 1.54) is 18.2 Å². The van der Waals surface area contributed by atoms with Crippen molar-refractivity contribution in [1.82, 2.24) is 20.4 Å². The van der Waals surface area contributed by atoms with Crippen LogP contribution in [0.25, 0.3) is 22.3 Å². The number of amides is 1. The molecule has 3 N–H and O–H groups in total. The Morgan fingerprint density at radius 1 is 1.29 bits per heavy atom. The van der Waals surface area contributed by atoms with E-state index in [1.54, 1.807) is 30.0 Å². The lowest BCUT2D eigenvalue weighted by Crippen LogP contribution is -2.19. The fourth-order valence-corrected chi connectivity index (χ4v) is 1.98. The van der Waals surface area contributed by atoms with Crippen LogP contribution in [0.1, 0.15) is 10.4 Å². The van der Waals surface area contributed by atoms with Gasteiger partial charge in [0, 0.05) is 23.5 Å². The molecule has 0 bridgehead atoms. The molecule has 104 valence electrons. The van der Waals surface area contributed by atoms with Crippen LogP contribution in [0.4, 0.5) is 0 Å². The van der Waals surface area contributed by atoms with E-state index in [0.29, 0.717) is 22.3 Å². The highest BCUT2D eigenvalue weighted by Crippen LogP contribution is 2.16. The molecule has 0 fully saturated rings. The number of nitrogens with zero attached hydrogens (tertiary/aromatic N) is 2. The molecule has 7 heteroatoms. The maximum Gasteiger partial charge on any atom is 0.274 e. The van der Waals surface area contributed by atoms with Crippen LogP contribution in [-0.2, 0) is 0 Å². The van der Waals surface area contributed by atoms with E-state index in [2.05, 4.69) is 15.0 Å². The molecule has 3 rings (SSSR count). The van der Waals surface area contributed by atoms with E-state index in [0.717, 1.165) is 0 Å². The van der Waals surface area contributed by atoms with Gasteiger partial charge in [-0.05, 0) is 30.3 Å². The van der Waals surface area contributed by atoms with Crippen LogP contribution < -0.4 is 11.0 Å². The summed E-state index contributed by atoms with van der Waals surface area (Å²) in [5, 5.41) is 9.01. The molecule has 0 saturated heterocycles. The van der Waals surface area contributed by atoms with Gasteiger partial charge in [0.25, 0.3) is 11.5 Å². The average Bonchev–Trinajstić information content (AvgIpc) is 2.54. The highest BCUT2D eigenvalue weighted by molar-refractivity contribution is 5.97. The van der Waals surface area contributed by atoms with Gasteiger partial charge in [-0.1, -0.05) is 0 Å². The van der Waals surface area contributed by atoms with E-state index in [4.69, 9.17) is 5.21 Å². The molecule has 21 heavy (non-hydrogen) atoms. The van der Waals surface area contributed by atoms with Crippen molar-refractivity contribution >= 4 is 16.8 Å². The molecule has 7 nitrogen and oxygen atoms in total. The van der Waals surface area contributed by atoms with Gasteiger partial charge < -0.3 is 4.98 Å². The van der Waals surface area contributed by atoms with Crippen molar-refractivity contribution in [3.8, 4) is 11.4 Å². The van der Waals surface area contributed by atoms with Gasteiger partial charge in [-0.3, -0.25) is 19.8 Å². The molecule has 1 amide bonds. The molecular formula is C14H10N4O3. The monoisotopic (exact) mass is 282 g/mol. The molecule has 0 radical (unpaired) electrons. The third kappa shape index (κ3) is 2.37. The third-order valence-corrected chi connectivity index (χ3v) is 3.01. The van der Waals surface area contributed by atoms with Crippen molar-refractivity contribution in [2.24, 2.45) is 0 Å². The molecule has 0 atom stereocenters. The Morgan fingerprint density at radius 2 is 2.14 bits per heavy atom. The Kier molecular flexibility index (Phi) is 3.17. The number of rotatable bonds is 2. The topological polar surface area (TPSA) is 108 Å². The molecule has 0 saturated carbocycles. The zero-order valence-electron chi connectivity index (χ0n) is 10.7. The van der Waals surface area contributed by atoms with Crippen LogP contribution in [0.3, 0.4) is 0 Å². The van der Waals surface area contributed by atoms with E-state index in [9.17, 15) is 9.59 Å². The number of fused-ring (bicyclic) bond motifs is 1. The van der Waals surface area contributed by atoms with Gasteiger partial charge in [0.15, 0.2) is 0 Å². The standard InChI is InChI=1S/C14H10N4O3/c19-13(18-21)8-3-4-10-11(6-8)16-12(17-14(10)20)9-2-1-5-15-7-9/h1-7,21H,(H,18,19)(H,16,17,20). The van der Waals surface area contributed by atoms with Gasteiger partial charge >= 0.3 is 0 Å². The van der Waals surface area contributed by atoms with Gasteiger partial charge in [0.2, 0.25) is 0 Å². The number of nitrogens with one attached hydrogen (secondary N) is 2. The number of carbonyl (C=O) groups excluding carboxylic acids is 1. The van der Waals surface area contributed by atoms with E-state index < -0.39 is 5.91 Å². The summed E-state index contributed by atoms with van der Waals surface area (Å²) in [6, 6.07) is 7.86. The number of H-pyrrole nitrogens is 1. The van der Waals surface area contributed by atoms with Crippen molar-refractivity contribution in [2.75, 3.05) is 0 Å². The first-order valence-corrected chi connectivity index (χ1v) is 6.08. The van der Waals surface area contributed by atoms with Crippen molar-refractivity contribution < 1.29 is 10.0 Å². The lowest BCUT2D eigenvalue weighted by atomic mass is 10.1. The molecule has 0 aliphatic rings. The summed E-state index contributed by atoms with van der Waals surface area (Å²) >= 11 is 0. The second-order valence-corrected chi connectivity index (χ2v) is 4.33. The summed E-state index contributed by atoms with van der Waals surface area (Å²) in [7, 11) is 0. The number of aromatic amines is 1. The second-order valence-electron chi connectivity index (χ2n) is 4.33. The Labute approximate surface area is 118 Å². The Hall–Kier alpha value is -3.06. The maximum atomic E-state index is 12.1. The predicted molar refractivity (Wildman–Crippen MR) is 74.8 cm³/mol. The number of hydroxylamine groups is 1. The summed E-state index contributed by atoms with van der Waals surface area (Å²) in [6.07, 6.45) is 3.20. The lowest BCUT2D eigenvalue weighted by molar-refractivity contribution is 0.0706. The molecule has 0 spiro atoms. The van der Waals surface area contributed by atoms with E-state index >= 15 is 0 Å². The first-order chi connectivity index (χ1) is 10.2. The maximum absolute atomic E-state index is 12.1. The second kappa shape index (κ2) is 5.14. The number of benzene rings is 1.